The summed E-state index contributed by atoms with van der Waals surface area (Å²) in [6.07, 6.45) is 0.311. The molecule has 1 aliphatic heterocycles. The molecule has 30 heavy (non-hydrogen) atoms. The Labute approximate surface area is 177 Å². The average Bonchev–Trinajstić information content (AvgIpc) is 3.06. The van der Waals surface area contributed by atoms with Crippen molar-refractivity contribution >= 4 is 31.5 Å². The monoisotopic (exact) mass is 451 g/mol. The van der Waals surface area contributed by atoms with Crippen LogP contribution < -0.4 is 4.31 Å². The quantitative estimate of drug-likeness (QED) is 0.620. The van der Waals surface area contributed by atoms with Crippen molar-refractivity contribution in [1.82, 2.24) is 10.0 Å². The highest BCUT2D eigenvalue weighted by Gasteiger charge is 2.38. The Hall–Kier alpha value is -2.43. The van der Waals surface area contributed by atoms with E-state index in [0.717, 1.165) is 4.31 Å². The highest BCUT2D eigenvalue weighted by Crippen LogP contribution is 2.27. The van der Waals surface area contributed by atoms with E-state index in [4.69, 9.17) is 0 Å². The van der Waals surface area contributed by atoms with Gasteiger partial charge in [-0.2, -0.15) is 0 Å². The van der Waals surface area contributed by atoms with E-state index in [1.165, 1.54) is 29.2 Å². The number of hydrogen-bond acceptors (Lipinski definition) is 6. The number of hydrogen-bond donors (Lipinski definition) is 0. The smallest absolute Gasteiger partial charge is 0.269 e. The average molecular weight is 452 g/mol. The molecule has 0 spiro atoms. The van der Waals surface area contributed by atoms with E-state index >= 15 is 0 Å². The van der Waals surface area contributed by atoms with Crippen molar-refractivity contribution in [2.45, 2.75) is 17.4 Å². The molecule has 2 aromatic carbocycles. The van der Waals surface area contributed by atoms with Crippen molar-refractivity contribution < 1.29 is 21.6 Å². The maximum absolute atomic E-state index is 13.4. The summed E-state index contributed by atoms with van der Waals surface area (Å²) in [5, 5.41) is 2.85. The highest BCUT2D eigenvalue weighted by atomic mass is 32.2. The summed E-state index contributed by atoms with van der Waals surface area (Å²) in [6.45, 7) is 0. The fourth-order valence-electron chi connectivity index (χ4n) is 3.56. The lowest BCUT2D eigenvalue weighted by Gasteiger charge is -2.34. The summed E-state index contributed by atoms with van der Waals surface area (Å²) in [4.78, 5) is 13.3. The van der Waals surface area contributed by atoms with Crippen molar-refractivity contribution in [2.24, 2.45) is 0 Å². The van der Waals surface area contributed by atoms with Crippen molar-refractivity contribution in [3.63, 3.8) is 0 Å². The molecular formula is C20H25N3O5S2. The first-order valence-electron chi connectivity index (χ1n) is 9.39. The normalized spacial score (nSPS) is 18.3. The van der Waals surface area contributed by atoms with Gasteiger partial charge in [0.15, 0.2) is 9.84 Å². The second-order valence-electron chi connectivity index (χ2n) is 7.36. The van der Waals surface area contributed by atoms with E-state index in [-0.39, 0.29) is 22.0 Å². The molecule has 0 aromatic heterocycles. The first-order valence-corrected chi connectivity index (χ1v) is 12.6. The Bertz CT molecular complexity index is 1130. The Balaban J connectivity index is 2.02. The molecule has 1 aliphatic rings. The Morgan fingerprint density at radius 2 is 1.57 bits per heavy atom. The van der Waals surface area contributed by atoms with E-state index in [0.29, 0.717) is 12.1 Å². The molecule has 8 nitrogen and oxygen atoms in total. The predicted octanol–water partition coefficient (Wildman–Crippen LogP) is 1.62. The Morgan fingerprint density at radius 3 is 2.13 bits per heavy atom. The molecule has 0 saturated carbocycles. The number of rotatable bonds is 6. The Morgan fingerprint density at radius 1 is 0.967 bits per heavy atom. The molecule has 0 unspecified atom stereocenters. The molecule has 1 heterocycles. The highest BCUT2D eigenvalue weighted by molar-refractivity contribution is 7.93. The lowest BCUT2D eigenvalue weighted by Crippen LogP contribution is -2.49. The van der Waals surface area contributed by atoms with Gasteiger partial charge in [0.05, 0.1) is 28.8 Å². The van der Waals surface area contributed by atoms with Crippen LogP contribution in [0, 0.1) is 0 Å². The Kier molecular flexibility index (Phi) is 6.21. The van der Waals surface area contributed by atoms with Crippen LogP contribution in [0.5, 0.6) is 0 Å². The van der Waals surface area contributed by atoms with Gasteiger partial charge in [-0.3, -0.25) is 14.1 Å². The number of sulfone groups is 1. The summed E-state index contributed by atoms with van der Waals surface area (Å²) < 4.78 is 51.6. The second kappa shape index (κ2) is 8.37. The number of nitrogens with zero attached hydrogens (tertiary/aromatic N) is 3. The largest absolute Gasteiger partial charge is 0.269 e. The van der Waals surface area contributed by atoms with Gasteiger partial charge >= 0.3 is 0 Å². The minimum Gasteiger partial charge on any atom is -0.269 e. The zero-order valence-corrected chi connectivity index (χ0v) is 18.7. The molecule has 1 saturated heterocycles. The number of hydrazine groups is 1. The van der Waals surface area contributed by atoms with Crippen LogP contribution in [0.2, 0.25) is 0 Å². The van der Waals surface area contributed by atoms with E-state index in [2.05, 4.69) is 0 Å². The molecule has 0 aliphatic carbocycles. The molecule has 1 fully saturated rings. The van der Waals surface area contributed by atoms with Gasteiger partial charge in [-0.15, -0.1) is 0 Å². The van der Waals surface area contributed by atoms with Crippen LogP contribution in [0.25, 0.3) is 0 Å². The van der Waals surface area contributed by atoms with Crippen LogP contribution in [0.15, 0.2) is 59.5 Å². The third kappa shape index (κ3) is 4.35. The SMILES string of the molecule is CN(C)N(C(=O)c1ccccc1S(=O)(=O)N(C)c1ccccc1)[C@H]1CCS(=O)(=O)C1. The maximum Gasteiger partial charge on any atom is 0.269 e. The number of benzene rings is 2. The standard InChI is InChI=1S/C20H25N3O5S2/c1-21(2)23(17-13-14-29(25,26)15-17)20(24)18-11-7-8-12-19(18)30(27,28)22(3)16-9-5-4-6-10-16/h4-12,17H,13-15H2,1-3H3/t17-/m0/s1. The molecule has 3 rings (SSSR count). The van der Waals surface area contributed by atoms with Crippen molar-refractivity contribution in [1.29, 1.82) is 0 Å². The third-order valence-corrected chi connectivity index (χ3v) is 8.66. The van der Waals surface area contributed by atoms with Gasteiger partial charge in [0.2, 0.25) is 0 Å². The second-order valence-corrected chi connectivity index (χ2v) is 11.5. The van der Waals surface area contributed by atoms with Gasteiger partial charge in [0, 0.05) is 21.1 Å². The minimum atomic E-state index is -4.02. The summed E-state index contributed by atoms with van der Waals surface area (Å²) in [5.74, 6) is -0.690. The van der Waals surface area contributed by atoms with Crippen LogP contribution in [-0.2, 0) is 19.9 Å². The van der Waals surface area contributed by atoms with Gasteiger partial charge in [-0.25, -0.2) is 21.8 Å². The molecule has 1 atom stereocenters. The first kappa shape index (κ1) is 22.3. The lowest BCUT2D eigenvalue weighted by atomic mass is 10.1. The van der Waals surface area contributed by atoms with Crippen LogP contribution in [-0.4, -0.2) is 71.5 Å². The molecule has 1 amide bonds. The van der Waals surface area contributed by atoms with Gasteiger partial charge < -0.3 is 0 Å². The number of carbonyl (C=O) groups is 1. The number of para-hydroxylation sites is 1. The first-order chi connectivity index (χ1) is 14.0. The van der Waals surface area contributed by atoms with E-state index in [1.54, 1.807) is 56.6 Å². The lowest BCUT2D eigenvalue weighted by molar-refractivity contribution is 0.000657. The van der Waals surface area contributed by atoms with Crippen molar-refractivity contribution in [2.75, 3.05) is 37.0 Å². The molecule has 0 N–H and O–H groups in total. The molecule has 10 heteroatoms. The molecule has 2 aromatic rings. The maximum atomic E-state index is 13.4. The van der Waals surface area contributed by atoms with Crippen LogP contribution >= 0.6 is 0 Å². The number of amides is 1. The summed E-state index contributed by atoms with van der Waals surface area (Å²) in [7, 11) is -2.55. The molecular weight excluding hydrogens is 426 g/mol. The number of sulfonamides is 1. The summed E-state index contributed by atoms with van der Waals surface area (Å²) in [6, 6.07) is 14.0. The molecule has 0 bridgehead atoms. The summed E-state index contributed by atoms with van der Waals surface area (Å²) in [5.41, 5.74) is 0.462. The zero-order valence-electron chi connectivity index (χ0n) is 17.1. The summed E-state index contributed by atoms with van der Waals surface area (Å²) >= 11 is 0. The number of anilines is 1. The van der Waals surface area contributed by atoms with Gasteiger partial charge in [0.1, 0.15) is 4.90 Å². The predicted molar refractivity (Wildman–Crippen MR) is 115 cm³/mol. The van der Waals surface area contributed by atoms with E-state index < -0.39 is 31.8 Å². The van der Waals surface area contributed by atoms with E-state index in [9.17, 15) is 21.6 Å². The van der Waals surface area contributed by atoms with Crippen molar-refractivity contribution in [3.05, 3.63) is 60.2 Å². The fourth-order valence-corrected chi connectivity index (χ4v) is 6.63. The van der Waals surface area contributed by atoms with Crippen LogP contribution in [0.3, 0.4) is 0 Å². The molecule has 0 radical (unpaired) electrons. The molecule has 162 valence electrons. The number of carbonyl (C=O) groups excluding carboxylic acids is 1. The zero-order chi connectivity index (χ0) is 22.1. The van der Waals surface area contributed by atoms with Gasteiger partial charge in [0.25, 0.3) is 15.9 Å². The fraction of sp³-hybridized carbons (Fsp3) is 0.350. The van der Waals surface area contributed by atoms with Crippen LogP contribution in [0.1, 0.15) is 16.8 Å². The van der Waals surface area contributed by atoms with Crippen LogP contribution in [0.4, 0.5) is 5.69 Å². The third-order valence-electron chi connectivity index (χ3n) is 5.07. The van der Waals surface area contributed by atoms with Gasteiger partial charge in [-0.05, 0) is 30.7 Å². The van der Waals surface area contributed by atoms with Gasteiger partial charge in [-0.1, -0.05) is 30.3 Å². The van der Waals surface area contributed by atoms with E-state index in [1.807, 2.05) is 0 Å². The van der Waals surface area contributed by atoms with Crippen molar-refractivity contribution in [3.8, 4) is 0 Å². The topological polar surface area (TPSA) is 95.1 Å². The minimum absolute atomic E-state index is 0.00159.